The Hall–Kier alpha value is -2.39. The molecule has 2 aromatic rings. The third-order valence-corrected chi connectivity index (χ3v) is 5.52. The molecular weight excluding hydrogens is 404 g/mol. The van der Waals surface area contributed by atoms with Gasteiger partial charge in [-0.2, -0.15) is 0 Å². The van der Waals surface area contributed by atoms with Gasteiger partial charge < -0.3 is 9.47 Å². The maximum absolute atomic E-state index is 14.2. The van der Waals surface area contributed by atoms with Gasteiger partial charge in [0.25, 0.3) is 10.0 Å². The second kappa shape index (κ2) is 8.53. The van der Waals surface area contributed by atoms with Crippen molar-refractivity contribution < 1.29 is 31.5 Å². The summed E-state index contributed by atoms with van der Waals surface area (Å²) in [4.78, 5) is 11.6. The zero-order valence-electron chi connectivity index (χ0n) is 14.4. The second-order valence-electron chi connectivity index (χ2n) is 5.21. The minimum absolute atomic E-state index is 0.00693. The van der Waals surface area contributed by atoms with Gasteiger partial charge in [0.05, 0.1) is 29.3 Å². The molecule has 2 aromatic carbocycles. The fraction of sp³-hybridized carbons (Fsp3) is 0.235. The highest BCUT2D eigenvalue weighted by atomic mass is 35.5. The maximum atomic E-state index is 14.2. The molecule has 0 spiro atoms. The molecule has 0 amide bonds. The number of hydrogen-bond donors (Lipinski definition) is 0. The van der Waals surface area contributed by atoms with Gasteiger partial charge in [0.2, 0.25) is 0 Å². The first-order valence-electron chi connectivity index (χ1n) is 7.67. The Bertz CT molecular complexity index is 952. The molecule has 0 aliphatic carbocycles. The van der Waals surface area contributed by atoms with Gasteiger partial charge in [-0.05, 0) is 37.3 Å². The van der Waals surface area contributed by atoms with E-state index < -0.39 is 39.9 Å². The Balaban J connectivity index is 2.57. The van der Waals surface area contributed by atoms with E-state index in [1.807, 2.05) is 0 Å². The summed E-state index contributed by atoms with van der Waals surface area (Å²) in [5.74, 6) is -2.70. The maximum Gasteiger partial charge on any atom is 0.326 e. The number of esters is 1. The lowest BCUT2D eigenvalue weighted by molar-refractivity contribution is -0.141. The molecule has 0 heterocycles. The van der Waals surface area contributed by atoms with Gasteiger partial charge in [-0.1, -0.05) is 11.6 Å². The largest absolute Gasteiger partial charge is 0.495 e. The van der Waals surface area contributed by atoms with Crippen LogP contribution in [0.1, 0.15) is 6.92 Å². The molecule has 0 bridgehead atoms. The number of anilines is 1. The van der Waals surface area contributed by atoms with Gasteiger partial charge in [-0.15, -0.1) is 0 Å². The summed E-state index contributed by atoms with van der Waals surface area (Å²) < 4.78 is 63.7. The average Bonchev–Trinajstić information content (AvgIpc) is 2.60. The Kier molecular flexibility index (Phi) is 6.61. The van der Waals surface area contributed by atoms with Gasteiger partial charge >= 0.3 is 5.97 Å². The molecule has 0 aromatic heterocycles. The van der Waals surface area contributed by atoms with Gasteiger partial charge in [-0.25, -0.2) is 17.2 Å². The summed E-state index contributed by atoms with van der Waals surface area (Å²) >= 11 is 5.97. The standard InChI is InChI=1S/C17H16ClF2NO5S/c1-3-26-17(22)10-21(15-6-4-11(19)8-14(15)20)27(23,24)12-5-7-16(25-2)13(18)9-12/h4-9H,3,10H2,1-2H3. The molecule has 0 saturated heterocycles. The van der Waals surface area contributed by atoms with Crippen molar-refractivity contribution >= 4 is 33.3 Å². The van der Waals surface area contributed by atoms with Crippen LogP contribution in [0.5, 0.6) is 5.75 Å². The SMILES string of the molecule is CCOC(=O)CN(c1ccc(F)cc1F)S(=O)(=O)c1ccc(OC)c(Cl)c1. The number of carbonyl (C=O) groups is 1. The number of carbonyl (C=O) groups excluding carboxylic acids is 1. The van der Waals surface area contributed by atoms with Gasteiger partial charge in [0.1, 0.15) is 23.9 Å². The highest BCUT2D eigenvalue weighted by molar-refractivity contribution is 7.92. The summed E-state index contributed by atoms with van der Waals surface area (Å²) in [5.41, 5.74) is -0.503. The quantitative estimate of drug-likeness (QED) is 0.643. The zero-order valence-corrected chi connectivity index (χ0v) is 16.0. The molecule has 0 saturated carbocycles. The first-order chi connectivity index (χ1) is 12.7. The molecule has 0 aliphatic heterocycles. The molecule has 0 radical (unpaired) electrons. The fourth-order valence-electron chi connectivity index (χ4n) is 2.24. The molecule has 2 rings (SSSR count). The van der Waals surface area contributed by atoms with E-state index in [1.165, 1.54) is 19.2 Å². The number of hydrogen-bond acceptors (Lipinski definition) is 5. The van der Waals surface area contributed by atoms with Crippen molar-refractivity contribution in [2.45, 2.75) is 11.8 Å². The highest BCUT2D eigenvalue weighted by Gasteiger charge is 2.30. The van der Waals surface area contributed by atoms with Crippen LogP contribution in [0.4, 0.5) is 14.5 Å². The van der Waals surface area contributed by atoms with Crippen LogP contribution in [-0.4, -0.2) is 34.6 Å². The van der Waals surface area contributed by atoms with E-state index in [4.69, 9.17) is 21.1 Å². The number of halogens is 3. The van der Waals surface area contributed by atoms with Gasteiger partial charge in [0.15, 0.2) is 0 Å². The van der Waals surface area contributed by atoms with Crippen molar-refractivity contribution in [1.82, 2.24) is 0 Å². The second-order valence-corrected chi connectivity index (χ2v) is 7.48. The Morgan fingerprint density at radius 3 is 2.44 bits per heavy atom. The normalized spacial score (nSPS) is 11.1. The lowest BCUT2D eigenvalue weighted by Crippen LogP contribution is -2.37. The molecule has 0 aliphatic rings. The number of methoxy groups -OCH3 is 1. The van der Waals surface area contributed by atoms with Crippen LogP contribution in [0.2, 0.25) is 5.02 Å². The fourth-order valence-corrected chi connectivity index (χ4v) is 4.01. The van der Waals surface area contributed by atoms with E-state index in [9.17, 15) is 22.0 Å². The lowest BCUT2D eigenvalue weighted by atomic mass is 10.3. The van der Waals surface area contributed by atoms with E-state index in [1.54, 1.807) is 6.92 Å². The van der Waals surface area contributed by atoms with E-state index in [0.29, 0.717) is 10.4 Å². The predicted molar refractivity (Wildman–Crippen MR) is 95.5 cm³/mol. The smallest absolute Gasteiger partial charge is 0.326 e. The molecular formula is C17H16ClF2NO5S. The van der Waals surface area contributed by atoms with Crippen LogP contribution in [0, 0.1) is 11.6 Å². The zero-order chi connectivity index (χ0) is 20.2. The summed E-state index contributed by atoms with van der Waals surface area (Å²) in [7, 11) is -3.06. The van der Waals surface area contributed by atoms with E-state index in [0.717, 1.165) is 18.2 Å². The molecule has 0 atom stereocenters. The number of sulfonamides is 1. The van der Waals surface area contributed by atoms with Crippen molar-refractivity contribution in [2.24, 2.45) is 0 Å². The van der Waals surface area contributed by atoms with Crippen molar-refractivity contribution in [1.29, 1.82) is 0 Å². The molecule has 0 fully saturated rings. The van der Waals surface area contributed by atoms with Crippen molar-refractivity contribution in [3.63, 3.8) is 0 Å². The molecule has 146 valence electrons. The van der Waals surface area contributed by atoms with Crippen LogP contribution in [0.15, 0.2) is 41.3 Å². The van der Waals surface area contributed by atoms with Crippen molar-refractivity contribution in [3.8, 4) is 5.75 Å². The highest BCUT2D eigenvalue weighted by Crippen LogP contribution is 2.31. The van der Waals surface area contributed by atoms with Gasteiger partial charge in [0, 0.05) is 6.07 Å². The topological polar surface area (TPSA) is 72.9 Å². The summed E-state index contributed by atoms with van der Waals surface area (Å²) in [6.07, 6.45) is 0. The Labute approximate surface area is 160 Å². The van der Waals surface area contributed by atoms with Crippen LogP contribution in [0.25, 0.3) is 0 Å². The van der Waals surface area contributed by atoms with Crippen LogP contribution < -0.4 is 9.04 Å². The minimum atomic E-state index is -4.42. The number of rotatable bonds is 7. The van der Waals surface area contributed by atoms with Crippen molar-refractivity contribution in [2.75, 3.05) is 24.6 Å². The van der Waals surface area contributed by atoms with Gasteiger partial charge in [-0.3, -0.25) is 9.10 Å². The first-order valence-corrected chi connectivity index (χ1v) is 9.49. The number of nitrogens with zero attached hydrogens (tertiary/aromatic N) is 1. The van der Waals surface area contributed by atoms with Crippen LogP contribution in [0.3, 0.4) is 0 Å². The lowest BCUT2D eigenvalue weighted by Gasteiger charge is -2.24. The predicted octanol–water partition coefficient (Wildman–Crippen LogP) is 3.39. The van der Waals surface area contributed by atoms with Crippen molar-refractivity contribution in [3.05, 3.63) is 53.1 Å². The Morgan fingerprint density at radius 2 is 1.89 bits per heavy atom. The summed E-state index contributed by atoms with van der Waals surface area (Å²) in [5, 5.41) is 0.00855. The number of benzene rings is 2. The summed E-state index contributed by atoms with van der Waals surface area (Å²) in [6.45, 7) is 0.744. The third-order valence-electron chi connectivity index (χ3n) is 3.47. The molecule has 0 N–H and O–H groups in total. The van der Waals surface area contributed by atoms with E-state index in [-0.39, 0.29) is 22.3 Å². The molecule has 27 heavy (non-hydrogen) atoms. The molecule has 0 unspecified atom stereocenters. The average molecular weight is 420 g/mol. The van der Waals surface area contributed by atoms with E-state index >= 15 is 0 Å². The summed E-state index contributed by atoms with van der Waals surface area (Å²) in [6, 6.07) is 5.94. The van der Waals surface area contributed by atoms with E-state index in [2.05, 4.69) is 0 Å². The number of ether oxygens (including phenoxy) is 2. The molecule has 6 nitrogen and oxygen atoms in total. The van der Waals surface area contributed by atoms with Crippen LogP contribution >= 0.6 is 11.6 Å². The minimum Gasteiger partial charge on any atom is -0.495 e. The Morgan fingerprint density at radius 1 is 1.19 bits per heavy atom. The molecule has 10 heteroatoms. The third kappa shape index (κ3) is 4.67. The van der Waals surface area contributed by atoms with Crippen LogP contribution in [-0.2, 0) is 19.6 Å². The first kappa shape index (κ1) is 20.9. The monoisotopic (exact) mass is 419 g/mol.